The van der Waals surface area contributed by atoms with Crippen molar-refractivity contribution in [2.24, 2.45) is 9.98 Å². The summed E-state index contributed by atoms with van der Waals surface area (Å²) in [7, 11) is 0. The van der Waals surface area contributed by atoms with Crippen LogP contribution in [0.4, 0.5) is 74.6 Å². The van der Waals surface area contributed by atoms with Crippen LogP contribution in [-0.2, 0) is 15.4 Å². The molecule has 0 saturated carbocycles. The predicted octanol–water partition coefficient (Wildman–Crippen LogP) is 10.2. The Morgan fingerprint density at radius 2 is 0.774 bits per heavy atom. The second kappa shape index (κ2) is 12.8. The summed E-state index contributed by atoms with van der Waals surface area (Å²) in [6.45, 7) is -0.649. The monoisotopic (exact) mass is 786 g/mol. The van der Waals surface area contributed by atoms with E-state index in [1.54, 1.807) is 36.4 Å². The minimum Gasteiger partial charge on any atom is -0.475 e. The van der Waals surface area contributed by atoms with Gasteiger partial charge in [0.1, 0.15) is 25.3 Å². The lowest BCUT2D eigenvalue weighted by Crippen LogP contribution is -2.74. The van der Waals surface area contributed by atoms with Gasteiger partial charge in [-0.05, 0) is 29.3 Å². The highest BCUT2D eigenvalue weighted by Crippen LogP contribution is 2.65. The zero-order valence-corrected chi connectivity index (χ0v) is 25.7. The summed E-state index contributed by atoms with van der Waals surface area (Å²) < 4.78 is 250. The largest absolute Gasteiger partial charge is 0.475 e. The fraction of sp³-hybridized carbons (Fsp3) is 0.375. The first-order chi connectivity index (χ1) is 24.2. The van der Waals surface area contributed by atoms with Crippen molar-refractivity contribution in [3.05, 3.63) is 107 Å². The molecule has 0 aliphatic carbocycles. The normalized spacial score (nSPS) is 19.4. The van der Waals surface area contributed by atoms with Crippen LogP contribution in [-0.4, -0.2) is 66.7 Å². The summed E-state index contributed by atoms with van der Waals surface area (Å²) in [6, 6.07) is 14.5. The second-order valence-corrected chi connectivity index (χ2v) is 11.7. The number of benzene rings is 3. The van der Waals surface area contributed by atoms with E-state index in [1.807, 2.05) is 0 Å². The third-order valence-electron chi connectivity index (χ3n) is 8.18. The molecule has 2 atom stereocenters. The SMILES string of the molecule is FC(F)(F)C(F)(F)C(F)(F)C(F)(F)C(F)(F)C(F)(F)C(F)(F)C(F)(F)c1cc(C2=NC(c3ccccc3)CO2)cc(C2=NC(c3ccccc3)CO2)c1. The summed E-state index contributed by atoms with van der Waals surface area (Å²) >= 11 is 0. The quantitative estimate of drug-likeness (QED) is 0.182. The fourth-order valence-electron chi connectivity index (χ4n) is 5.16. The Hall–Kier alpha value is -4.59. The van der Waals surface area contributed by atoms with E-state index < -0.39 is 88.2 Å². The molecule has 3 aromatic carbocycles. The summed E-state index contributed by atoms with van der Waals surface area (Å²) in [5, 5.41) is 0. The average molecular weight is 786 g/mol. The van der Waals surface area contributed by atoms with Crippen LogP contribution in [0.2, 0.25) is 0 Å². The third kappa shape index (κ3) is 6.12. The first kappa shape index (κ1) is 39.6. The van der Waals surface area contributed by atoms with Crippen LogP contribution in [0.25, 0.3) is 0 Å². The van der Waals surface area contributed by atoms with Crippen LogP contribution >= 0.6 is 0 Å². The van der Waals surface area contributed by atoms with E-state index in [0.29, 0.717) is 11.1 Å². The van der Waals surface area contributed by atoms with Crippen molar-refractivity contribution in [1.29, 1.82) is 0 Å². The molecular weight excluding hydrogens is 767 g/mol. The van der Waals surface area contributed by atoms with Crippen LogP contribution in [0.15, 0.2) is 88.8 Å². The number of rotatable bonds is 11. The van der Waals surface area contributed by atoms with Gasteiger partial charge in [-0.15, -0.1) is 0 Å². The maximum atomic E-state index is 15.6. The molecule has 2 unspecified atom stereocenters. The zero-order valence-electron chi connectivity index (χ0n) is 25.7. The van der Waals surface area contributed by atoms with Gasteiger partial charge in [0, 0.05) is 16.7 Å². The van der Waals surface area contributed by atoms with Crippen molar-refractivity contribution in [1.82, 2.24) is 0 Å². The molecule has 5 rings (SSSR count). The van der Waals surface area contributed by atoms with Gasteiger partial charge in [0.05, 0.1) is 0 Å². The minimum atomic E-state index is -8.74. The van der Waals surface area contributed by atoms with Crippen LogP contribution in [0, 0.1) is 0 Å². The van der Waals surface area contributed by atoms with E-state index in [2.05, 4.69) is 9.98 Å². The molecule has 288 valence electrons. The van der Waals surface area contributed by atoms with Crippen molar-refractivity contribution in [2.45, 2.75) is 59.7 Å². The fourth-order valence-corrected chi connectivity index (χ4v) is 5.16. The standard InChI is InChI=1S/C32H19F17N2O2/c33-25(34,26(35,36)27(37,38)28(39,40)29(41,42)30(43,44)31(45,46)32(47,48)49)20-12-18(23-50-21(14-52-23)16-7-3-1-4-8-16)11-19(13-20)24-51-22(15-53-24)17-9-5-2-6-10-17/h1-13,21-22H,14-15H2. The van der Waals surface area contributed by atoms with E-state index in [0.717, 1.165) is 6.07 Å². The molecule has 0 N–H and O–H groups in total. The van der Waals surface area contributed by atoms with Crippen LogP contribution in [0.5, 0.6) is 0 Å². The van der Waals surface area contributed by atoms with Crippen molar-refractivity contribution in [2.75, 3.05) is 13.2 Å². The van der Waals surface area contributed by atoms with Gasteiger partial charge in [-0.25, -0.2) is 9.98 Å². The third-order valence-corrected chi connectivity index (χ3v) is 8.18. The van der Waals surface area contributed by atoms with E-state index in [9.17, 15) is 57.1 Å². The maximum absolute atomic E-state index is 15.6. The van der Waals surface area contributed by atoms with Gasteiger partial charge >= 0.3 is 47.6 Å². The number of halogens is 17. The Bertz CT molecular complexity index is 1790. The second-order valence-electron chi connectivity index (χ2n) is 11.7. The molecule has 0 bridgehead atoms. The van der Waals surface area contributed by atoms with Crippen molar-refractivity contribution in [3.8, 4) is 0 Å². The molecule has 21 heteroatoms. The average Bonchev–Trinajstić information content (AvgIpc) is 3.79. The van der Waals surface area contributed by atoms with Gasteiger partial charge in [-0.3, -0.25) is 0 Å². The highest BCUT2D eigenvalue weighted by molar-refractivity contribution is 6.01. The lowest BCUT2D eigenvalue weighted by Gasteiger charge is -2.42. The molecule has 2 aliphatic heterocycles. The van der Waals surface area contributed by atoms with E-state index in [-0.39, 0.29) is 25.3 Å². The van der Waals surface area contributed by atoms with Crippen molar-refractivity contribution < 1.29 is 84.1 Å². The Labute approximate surface area is 285 Å². The molecule has 0 spiro atoms. The van der Waals surface area contributed by atoms with Crippen LogP contribution in [0.3, 0.4) is 0 Å². The molecule has 0 fully saturated rings. The van der Waals surface area contributed by atoms with Gasteiger partial charge in [0.2, 0.25) is 11.8 Å². The highest BCUT2D eigenvalue weighted by atomic mass is 19.4. The number of aliphatic imine (C=N–C) groups is 2. The number of nitrogens with zero attached hydrogens (tertiary/aromatic N) is 2. The Kier molecular flexibility index (Phi) is 9.55. The smallest absolute Gasteiger partial charge is 0.460 e. The Morgan fingerprint density at radius 1 is 0.434 bits per heavy atom. The Morgan fingerprint density at radius 3 is 1.13 bits per heavy atom. The summed E-state index contributed by atoms with van der Waals surface area (Å²) in [4.78, 5) is 8.20. The molecule has 0 saturated heterocycles. The molecule has 4 nitrogen and oxygen atoms in total. The number of alkyl halides is 17. The van der Waals surface area contributed by atoms with E-state index in [4.69, 9.17) is 9.47 Å². The van der Waals surface area contributed by atoms with E-state index in [1.165, 1.54) is 24.3 Å². The lowest BCUT2D eigenvalue weighted by atomic mass is 9.86. The van der Waals surface area contributed by atoms with Gasteiger partial charge in [-0.2, -0.15) is 74.6 Å². The van der Waals surface area contributed by atoms with Crippen molar-refractivity contribution in [3.63, 3.8) is 0 Å². The summed E-state index contributed by atoms with van der Waals surface area (Å²) in [5.74, 6) is -58.8. The Balaban J connectivity index is 1.63. The van der Waals surface area contributed by atoms with Gasteiger partial charge in [-0.1, -0.05) is 60.7 Å². The van der Waals surface area contributed by atoms with Crippen LogP contribution < -0.4 is 0 Å². The predicted molar refractivity (Wildman–Crippen MR) is 149 cm³/mol. The minimum absolute atomic E-state index is 0.0907. The van der Waals surface area contributed by atoms with Gasteiger partial charge in [0.25, 0.3) is 0 Å². The molecule has 0 amide bonds. The van der Waals surface area contributed by atoms with E-state index >= 15 is 17.6 Å². The first-order valence-electron chi connectivity index (χ1n) is 14.6. The molecule has 2 aliphatic rings. The molecule has 0 aromatic heterocycles. The summed E-state index contributed by atoms with van der Waals surface area (Å²) in [5.41, 5.74) is -3.04. The zero-order chi connectivity index (χ0) is 39.6. The van der Waals surface area contributed by atoms with Crippen molar-refractivity contribution >= 4 is 11.8 Å². The molecular formula is C32H19F17N2O2. The molecule has 2 heterocycles. The number of hydrogen-bond acceptors (Lipinski definition) is 4. The van der Waals surface area contributed by atoms with Gasteiger partial charge in [0.15, 0.2) is 0 Å². The van der Waals surface area contributed by atoms with Gasteiger partial charge < -0.3 is 9.47 Å². The first-order valence-corrected chi connectivity index (χ1v) is 14.6. The van der Waals surface area contributed by atoms with Crippen LogP contribution in [0.1, 0.15) is 39.9 Å². The lowest BCUT2D eigenvalue weighted by molar-refractivity contribution is -0.462. The molecule has 3 aromatic rings. The number of ether oxygens (including phenoxy) is 2. The highest BCUT2D eigenvalue weighted by Gasteiger charge is 2.95. The molecule has 0 radical (unpaired) electrons. The number of hydrogen-bond donors (Lipinski definition) is 0. The maximum Gasteiger partial charge on any atom is 0.460 e. The topological polar surface area (TPSA) is 43.2 Å². The summed E-state index contributed by atoms with van der Waals surface area (Å²) in [6.07, 6.45) is -7.84. The molecule has 53 heavy (non-hydrogen) atoms.